The van der Waals surface area contributed by atoms with Gasteiger partial charge >= 0.3 is 5.97 Å². The van der Waals surface area contributed by atoms with Gasteiger partial charge in [0.1, 0.15) is 0 Å². The number of methoxy groups -OCH3 is 1. The first-order chi connectivity index (χ1) is 8.79. The van der Waals surface area contributed by atoms with Crippen molar-refractivity contribution >= 4 is 5.97 Å². The van der Waals surface area contributed by atoms with E-state index in [-0.39, 0.29) is 11.9 Å². The van der Waals surface area contributed by atoms with E-state index < -0.39 is 0 Å². The molecule has 18 heavy (non-hydrogen) atoms. The molecule has 0 saturated heterocycles. The second-order valence-electron chi connectivity index (χ2n) is 5.74. The zero-order valence-electron chi connectivity index (χ0n) is 10.8. The van der Waals surface area contributed by atoms with Crippen LogP contribution in [0.5, 0.6) is 0 Å². The number of ether oxygens (including phenoxy) is 1. The summed E-state index contributed by atoms with van der Waals surface area (Å²) < 4.78 is 5.05. The molecule has 4 atom stereocenters. The molecule has 0 radical (unpaired) electrons. The molecule has 2 saturated carbocycles. The Morgan fingerprint density at radius 1 is 1.17 bits per heavy atom. The highest BCUT2D eigenvalue weighted by atomic mass is 16.5. The zero-order valence-corrected chi connectivity index (χ0v) is 10.8. The van der Waals surface area contributed by atoms with Crippen LogP contribution in [0.1, 0.15) is 37.2 Å². The monoisotopic (exact) mass is 244 g/mol. The molecular weight excluding hydrogens is 224 g/mol. The van der Waals surface area contributed by atoms with Gasteiger partial charge in [0.05, 0.1) is 13.0 Å². The molecule has 1 aromatic carbocycles. The minimum Gasteiger partial charge on any atom is -0.469 e. The average Bonchev–Trinajstić information content (AvgIpc) is 2.80. The van der Waals surface area contributed by atoms with E-state index in [1.807, 2.05) is 6.07 Å². The van der Waals surface area contributed by atoms with Crippen LogP contribution in [-0.2, 0) is 9.53 Å². The summed E-state index contributed by atoms with van der Waals surface area (Å²) in [6.07, 6.45) is 4.87. The third-order valence-electron chi connectivity index (χ3n) is 4.81. The predicted octanol–water partition coefficient (Wildman–Crippen LogP) is 3.38. The molecule has 2 aliphatic rings. The molecule has 96 valence electrons. The van der Waals surface area contributed by atoms with Crippen molar-refractivity contribution in [3.63, 3.8) is 0 Å². The largest absolute Gasteiger partial charge is 0.469 e. The Bertz CT molecular complexity index is 426. The van der Waals surface area contributed by atoms with Gasteiger partial charge in [0.15, 0.2) is 0 Å². The standard InChI is InChI=1S/C16H20O2/c1-18-16(17)15-13-8-7-11(9-13)10-14(15)12-5-3-2-4-6-12/h2-6,11,13-15H,7-10H2,1H3/t11-,13-,14+,15-/m0/s1. The van der Waals surface area contributed by atoms with Gasteiger partial charge in [-0.3, -0.25) is 4.79 Å². The maximum absolute atomic E-state index is 12.1. The van der Waals surface area contributed by atoms with Gasteiger partial charge in [-0.15, -0.1) is 0 Å². The van der Waals surface area contributed by atoms with Crippen molar-refractivity contribution in [3.8, 4) is 0 Å². The van der Waals surface area contributed by atoms with Crippen LogP contribution in [0, 0.1) is 17.8 Å². The number of carbonyl (C=O) groups is 1. The molecular formula is C16H20O2. The number of hydrogen-bond donors (Lipinski definition) is 0. The summed E-state index contributed by atoms with van der Waals surface area (Å²) in [5.74, 6) is 1.80. The molecule has 0 unspecified atom stereocenters. The van der Waals surface area contributed by atoms with Crippen molar-refractivity contribution in [2.75, 3.05) is 7.11 Å². The number of hydrogen-bond acceptors (Lipinski definition) is 2. The second kappa shape index (κ2) is 4.75. The molecule has 3 rings (SSSR count). The highest BCUT2D eigenvalue weighted by Crippen LogP contribution is 2.52. The fraction of sp³-hybridized carbons (Fsp3) is 0.562. The minimum absolute atomic E-state index is 0.00537. The van der Waals surface area contributed by atoms with E-state index >= 15 is 0 Å². The topological polar surface area (TPSA) is 26.3 Å². The Morgan fingerprint density at radius 3 is 2.67 bits per heavy atom. The molecule has 2 aliphatic carbocycles. The van der Waals surface area contributed by atoms with Crippen molar-refractivity contribution in [2.45, 2.75) is 31.6 Å². The van der Waals surface area contributed by atoms with Gasteiger partial charge in [0.25, 0.3) is 0 Å². The molecule has 0 heterocycles. The van der Waals surface area contributed by atoms with Crippen LogP contribution >= 0.6 is 0 Å². The van der Waals surface area contributed by atoms with Crippen LogP contribution in [0.4, 0.5) is 0 Å². The first kappa shape index (κ1) is 11.8. The highest BCUT2D eigenvalue weighted by Gasteiger charge is 2.46. The van der Waals surface area contributed by atoms with Crippen LogP contribution < -0.4 is 0 Å². The summed E-state index contributed by atoms with van der Waals surface area (Å²) in [7, 11) is 1.52. The fourth-order valence-corrected chi connectivity index (χ4v) is 4.02. The smallest absolute Gasteiger partial charge is 0.309 e. The minimum atomic E-state index is -0.00537. The van der Waals surface area contributed by atoms with Crippen molar-refractivity contribution < 1.29 is 9.53 Å². The predicted molar refractivity (Wildman–Crippen MR) is 70.1 cm³/mol. The lowest BCUT2D eigenvalue weighted by atomic mass is 9.69. The summed E-state index contributed by atoms with van der Waals surface area (Å²) in [4.78, 5) is 12.1. The summed E-state index contributed by atoms with van der Waals surface area (Å²) in [5, 5.41) is 0. The molecule has 0 N–H and O–H groups in total. The average molecular weight is 244 g/mol. The number of esters is 1. The van der Waals surface area contributed by atoms with E-state index in [0.29, 0.717) is 11.8 Å². The Labute approximate surface area is 108 Å². The van der Waals surface area contributed by atoms with Gasteiger partial charge in [-0.05, 0) is 42.6 Å². The van der Waals surface area contributed by atoms with E-state index in [4.69, 9.17) is 4.74 Å². The van der Waals surface area contributed by atoms with Crippen molar-refractivity contribution in [2.24, 2.45) is 17.8 Å². The lowest BCUT2D eigenvalue weighted by Gasteiger charge is -2.35. The van der Waals surface area contributed by atoms with E-state index in [2.05, 4.69) is 24.3 Å². The Morgan fingerprint density at radius 2 is 1.94 bits per heavy atom. The molecule has 2 nitrogen and oxygen atoms in total. The number of fused-ring (bicyclic) bond motifs is 2. The SMILES string of the molecule is COC(=O)[C@H]1[C@H]2CC[C@@H](C2)C[C@@H]1c1ccccc1. The molecule has 2 fully saturated rings. The molecule has 2 bridgehead atoms. The molecule has 1 aromatic rings. The van der Waals surface area contributed by atoms with Crippen molar-refractivity contribution in [3.05, 3.63) is 35.9 Å². The third-order valence-corrected chi connectivity index (χ3v) is 4.81. The van der Waals surface area contributed by atoms with Gasteiger partial charge in [0, 0.05) is 0 Å². The number of rotatable bonds is 2. The first-order valence-corrected chi connectivity index (χ1v) is 6.92. The summed E-state index contributed by atoms with van der Waals surface area (Å²) in [5.41, 5.74) is 1.31. The Kier molecular flexibility index (Phi) is 3.11. The van der Waals surface area contributed by atoms with Crippen molar-refractivity contribution in [1.82, 2.24) is 0 Å². The van der Waals surface area contributed by atoms with E-state index in [1.165, 1.54) is 31.9 Å². The highest BCUT2D eigenvalue weighted by molar-refractivity contribution is 5.74. The van der Waals surface area contributed by atoms with E-state index in [1.54, 1.807) is 0 Å². The summed E-state index contributed by atoms with van der Waals surface area (Å²) in [6, 6.07) is 10.5. The Hall–Kier alpha value is -1.31. The lowest BCUT2D eigenvalue weighted by molar-refractivity contribution is -0.149. The maximum Gasteiger partial charge on any atom is 0.309 e. The van der Waals surface area contributed by atoms with Crippen LogP contribution in [0.25, 0.3) is 0 Å². The van der Waals surface area contributed by atoms with E-state index in [0.717, 1.165) is 12.3 Å². The van der Waals surface area contributed by atoms with E-state index in [9.17, 15) is 4.79 Å². The van der Waals surface area contributed by atoms with Crippen molar-refractivity contribution in [1.29, 1.82) is 0 Å². The van der Waals surface area contributed by atoms with Crippen LogP contribution in [0.2, 0.25) is 0 Å². The zero-order chi connectivity index (χ0) is 12.5. The van der Waals surface area contributed by atoms with Crippen LogP contribution in [0.15, 0.2) is 30.3 Å². The second-order valence-corrected chi connectivity index (χ2v) is 5.74. The lowest BCUT2D eigenvalue weighted by Crippen LogP contribution is -2.33. The molecule has 0 amide bonds. The normalized spacial score (nSPS) is 34.3. The maximum atomic E-state index is 12.1. The van der Waals surface area contributed by atoms with Crippen LogP contribution in [-0.4, -0.2) is 13.1 Å². The summed E-state index contributed by atoms with van der Waals surface area (Å²) >= 11 is 0. The van der Waals surface area contributed by atoms with Gasteiger partial charge < -0.3 is 4.74 Å². The third kappa shape index (κ3) is 1.94. The van der Waals surface area contributed by atoms with Gasteiger partial charge in [-0.1, -0.05) is 36.8 Å². The molecule has 2 heteroatoms. The van der Waals surface area contributed by atoms with Gasteiger partial charge in [-0.2, -0.15) is 0 Å². The quantitative estimate of drug-likeness (QED) is 0.745. The van der Waals surface area contributed by atoms with Gasteiger partial charge in [0.2, 0.25) is 0 Å². The van der Waals surface area contributed by atoms with Gasteiger partial charge in [-0.25, -0.2) is 0 Å². The Balaban J connectivity index is 1.93. The fourth-order valence-electron chi connectivity index (χ4n) is 4.02. The first-order valence-electron chi connectivity index (χ1n) is 6.92. The molecule has 0 aliphatic heterocycles. The molecule has 0 spiro atoms. The summed E-state index contributed by atoms with van der Waals surface area (Å²) in [6.45, 7) is 0. The molecule has 0 aromatic heterocycles. The number of benzene rings is 1. The number of carbonyl (C=O) groups excluding carboxylic acids is 1. The van der Waals surface area contributed by atoms with Crippen LogP contribution in [0.3, 0.4) is 0 Å².